The molecule has 0 radical (unpaired) electrons. The second-order valence-corrected chi connectivity index (χ2v) is 6.46. The normalized spacial score (nSPS) is 10.1. The molecule has 8 heteroatoms. The Labute approximate surface area is 167 Å². The van der Waals surface area contributed by atoms with Crippen molar-refractivity contribution in [1.82, 2.24) is 4.90 Å². The van der Waals surface area contributed by atoms with Gasteiger partial charge in [0.15, 0.2) is 6.61 Å². The maximum atomic E-state index is 12.6. The number of carbonyl (C=O) groups is 1. The third-order valence-electron chi connectivity index (χ3n) is 3.64. The molecule has 0 atom stereocenters. The first-order valence-electron chi connectivity index (χ1n) is 8.24. The molecule has 0 fully saturated rings. The molecule has 2 N–H and O–H groups in total. The number of halogens is 2. The van der Waals surface area contributed by atoms with E-state index in [1.807, 2.05) is 6.07 Å². The summed E-state index contributed by atoms with van der Waals surface area (Å²) in [6.45, 7) is 0.651. The van der Waals surface area contributed by atoms with Crippen molar-refractivity contribution in [2.75, 3.05) is 25.1 Å². The highest BCUT2D eigenvalue weighted by atomic mass is 35.5. The molecule has 0 saturated carbocycles. The number of aliphatic hydroxyl groups is 1. The van der Waals surface area contributed by atoms with Crippen LogP contribution in [0.3, 0.4) is 0 Å². The van der Waals surface area contributed by atoms with Gasteiger partial charge in [0.25, 0.3) is 0 Å². The highest BCUT2D eigenvalue weighted by molar-refractivity contribution is 6.42. The lowest BCUT2D eigenvalue weighted by Gasteiger charge is -2.23. The maximum Gasteiger partial charge on any atom is 0.322 e. The fraction of sp³-hybridized carbons (Fsp3) is 0.263. The van der Waals surface area contributed by atoms with E-state index in [0.29, 0.717) is 41.0 Å². The zero-order valence-electron chi connectivity index (χ0n) is 14.5. The van der Waals surface area contributed by atoms with Crippen molar-refractivity contribution in [2.24, 2.45) is 0 Å². The van der Waals surface area contributed by atoms with Gasteiger partial charge in [0, 0.05) is 25.4 Å². The Morgan fingerprint density at radius 1 is 1.19 bits per heavy atom. The van der Waals surface area contributed by atoms with E-state index in [1.165, 1.54) is 0 Å². The quantitative estimate of drug-likeness (QED) is 0.682. The molecule has 0 aliphatic rings. The van der Waals surface area contributed by atoms with Crippen LogP contribution in [-0.2, 0) is 6.54 Å². The fourth-order valence-corrected chi connectivity index (χ4v) is 2.65. The summed E-state index contributed by atoms with van der Waals surface area (Å²) < 4.78 is 5.18. The molecule has 0 saturated heterocycles. The smallest absolute Gasteiger partial charge is 0.322 e. The van der Waals surface area contributed by atoms with E-state index in [9.17, 15) is 4.79 Å². The summed E-state index contributed by atoms with van der Waals surface area (Å²) in [5.74, 6) is 0.544. The maximum absolute atomic E-state index is 12.6. The molecule has 2 aromatic carbocycles. The topological polar surface area (TPSA) is 85.6 Å². The van der Waals surface area contributed by atoms with E-state index >= 15 is 0 Å². The first-order valence-corrected chi connectivity index (χ1v) is 8.99. The Hall–Kier alpha value is -2.46. The van der Waals surface area contributed by atoms with E-state index in [0.717, 1.165) is 5.56 Å². The molecule has 0 aromatic heterocycles. The number of anilines is 1. The van der Waals surface area contributed by atoms with E-state index in [2.05, 4.69) is 5.32 Å². The van der Waals surface area contributed by atoms with E-state index in [-0.39, 0.29) is 19.2 Å². The number of hydrogen-bond acceptors (Lipinski definition) is 4. The highest BCUT2D eigenvalue weighted by Gasteiger charge is 2.15. The summed E-state index contributed by atoms with van der Waals surface area (Å²) in [5, 5.41) is 21.3. The number of urea groups is 1. The number of benzene rings is 2. The summed E-state index contributed by atoms with van der Waals surface area (Å²) in [5.41, 5.74) is 1.42. The lowest BCUT2D eigenvalue weighted by Crippen LogP contribution is -2.35. The summed E-state index contributed by atoms with van der Waals surface area (Å²) in [7, 11) is 0. The zero-order valence-corrected chi connectivity index (χ0v) is 16.0. The van der Waals surface area contributed by atoms with Crippen LogP contribution in [0, 0.1) is 11.3 Å². The molecule has 0 heterocycles. The van der Waals surface area contributed by atoms with Crippen molar-refractivity contribution in [1.29, 1.82) is 5.26 Å². The molecule has 2 amide bonds. The average molecular weight is 408 g/mol. The van der Waals surface area contributed by atoms with Crippen LogP contribution in [0.4, 0.5) is 10.5 Å². The van der Waals surface area contributed by atoms with Crippen LogP contribution in [0.1, 0.15) is 12.0 Å². The predicted molar refractivity (Wildman–Crippen MR) is 105 cm³/mol. The van der Waals surface area contributed by atoms with Crippen molar-refractivity contribution in [3.05, 3.63) is 58.1 Å². The van der Waals surface area contributed by atoms with Crippen LogP contribution in [-0.4, -0.2) is 35.8 Å². The third kappa shape index (κ3) is 6.65. The summed E-state index contributed by atoms with van der Waals surface area (Å²) in [6, 6.07) is 13.5. The van der Waals surface area contributed by atoms with Gasteiger partial charge in [0.2, 0.25) is 0 Å². The monoisotopic (exact) mass is 407 g/mol. The zero-order chi connectivity index (χ0) is 19.6. The van der Waals surface area contributed by atoms with E-state index in [1.54, 1.807) is 47.4 Å². The number of aliphatic hydroxyl groups excluding tert-OH is 1. The van der Waals surface area contributed by atoms with Gasteiger partial charge in [-0.05, 0) is 48.4 Å². The minimum absolute atomic E-state index is 0.0178. The van der Waals surface area contributed by atoms with Crippen molar-refractivity contribution < 1.29 is 14.6 Å². The largest absolute Gasteiger partial charge is 0.479 e. The number of amides is 2. The molecule has 0 aliphatic heterocycles. The fourth-order valence-electron chi connectivity index (χ4n) is 2.32. The predicted octanol–water partition coefficient (Wildman–Crippen LogP) is 4.31. The van der Waals surface area contributed by atoms with Crippen LogP contribution >= 0.6 is 23.2 Å². The molecule has 6 nitrogen and oxygen atoms in total. The molecular formula is C19H19Cl2N3O3. The van der Waals surface area contributed by atoms with E-state index in [4.69, 9.17) is 38.3 Å². The van der Waals surface area contributed by atoms with Crippen LogP contribution in [0.5, 0.6) is 5.75 Å². The van der Waals surface area contributed by atoms with Gasteiger partial charge in [-0.3, -0.25) is 0 Å². The van der Waals surface area contributed by atoms with Gasteiger partial charge in [-0.25, -0.2) is 4.79 Å². The summed E-state index contributed by atoms with van der Waals surface area (Å²) in [6.07, 6.45) is 0.454. The number of carbonyl (C=O) groups excluding carboxylic acids is 1. The molecule has 27 heavy (non-hydrogen) atoms. The van der Waals surface area contributed by atoms with Crippen LogP contribution in [0.2, 0.25) is 10.0 Å². The second kappa shape index (κ2) is 10.6. The van der Waals surface area contributed by atoms with Crippen molar-refractivity contribution in [3.8, 4) is 11.8 Å². The lowest BCUT2D eigenvalue weighted by molar-refractivity contribution is 0.199. The number of ether oxygens (including phenoxy) is 1. The number of nitrogens with zero attached hydrogens (tertiary/aromatic N) is 2. The Bertz CT molecular complexity index is 807. The summed E-state index contributed by atoms with van der Waals surface area (Å²) in [4.78, 5) is 14.2. The number of nitriles is 1. The molecule has 2 rings (SSSR count). The Balaban J connectivity index is 2.05. The van der Waals surface area contributed by atoms with Crippen molar-refractivity contribution in [3.63, 3.8) is 0 Å². The average Bonchev–Trinajstić information content (AvgIpc) is 2.67. The standard InChI is InChI=1S/C19H19Cl2N3O3/c20-17-7-2-14(12-18(17)21)13-24(9-1-10-25)19(26)23-15-3-5-16(6-4-15)27-11-8-22/h2-7,12,25H,1,9-11,13H2,(H,23,26). The molecule has 2 aromatic rings. The van der Waals surface area contributed by atoms with Crippen molar-refractivity contribution >= 4 is 34.9 Å². The Morgan fingerprint density at radius 3 is 2.56 bits per heavy atom. The van der Waals surface area contributed by atoms with Gasteiger partial charge >= 0.3 is 6.03 Å². The Morgan fingerprint density at radius 2 is 1.93 bits per heavy atom. The van der Waals surface area contributed by atoms with Crippen LogP contribution in [0.15, 0.2) is 42.5 Å². The lowest BCUT2D eigenvalue weighted by atomic mass is 10.2. The van der Waals surface area contributed by atoms with Gasteiger partial charge in [0.1, 0.15) is 11.8 Å². The molecule has 0 bridgehead atoms. The first-order chi connectivity index (χ1) is 13.0. The van der Waals surface area contributed by atoms with Gasteiger partial charge in [0.05, 0.1) is 10.0 Å². The summed E-state index contributed by atoms with van der Waals surface area (Å²) >= 11 is 12.0. The number of nitrogens with one attached hydrogen (secondary N) is 1. The first kappa shape index (κ1) is 20.8. The van der Waals surface area contributed by atoms with E-state index < -0.39 is 0 Å². The van der Waals surface area contributed by atoms with Gasteiger partial charge in [-0.1, -0.05) is 29.3 Å². The minimum Gasteiger partial charge on any atom is -0.479 e. The SMILES string of the molecule is N#CCOc1ccc(NC(=O)N(CCCO)Cc2ccc(Cl)c(Cl)c2)cc1. The van der Waals surface area contributed by atoms with Gasteiger partial charge < -0.3 is 20.1 Å². The number of hydrogen-bond donors (Lipinski definition) is 2. The third-order valence-corrected chi connectivity index (χ3v) is 4.38. The van der Waals surface area contributed by atoms with Gasteiger partial charge in [-0.2, -0.15) is 5.26 Å². The second-order valence-electron chi connectivity index (χ2n) is 5.65. The van der Waals surface area contributed by atoms with Crippen molar-refractivity contribution in [2.45, 2.75) is 13.0 Å². The molecule has 0 unspecified atom stereocenters. The van der Waals surface area contributed by atoms with Gasteiger partial charge in [-0.15, -0.1) is 0 Å². The minimum atomic E-state index is -0.305. The van der Waals surface area contributed by atoms with Crippen LogP contribution in [0.25, 0.3) is 0 Å². The molecule has 0 spiro atoms. The Kier molecular flexibility index (Phi) is 8.21. The number of rotatable bonds is 8. The van der Waals surface area contributed by atoms with Crippen LogP contribution < -0.4 is 10.1 Å². The molecule has 0 aliphatic carbocycles. The molecular weight excluding hydrogens is 389 g/mol. The molecule has 142 valence electrons. The highest BCUT2D eigenvalue weighted by Crippen LogP contribution is 2.23.